The van der Waals surface area contributed by atoms with Crippen LogP contribution >= 0.6 is 12.2 Å². The van der Waals surface area contributed by atoms with Crippen LogP contribution in [0.1, 0.15) is 23.7 Å². The maximum atomic E-state index is 11.9. The van der Waals surface area contributed by atoms with Gasteiger partial charge in [0.25, 0.3) is 5.56 Å². The summed E-state index contributed by atoms with van der Waals surface area (Å²) in [6.07, 6.45) is 4.77. The highest BCUT2D eigenvalue weighted by Crippen LogP contribution is 2.15. The zero-order valence-corrected chi connectivity index (χ0v) is 12.2. The molecule has 0 saturated heterocycles. The lowest BCUT2D eigenvalue weighted by atomic mass is 10.1. The van der Waals surface area contributed by atoms with E-state index in [2.05, 4.69) is 33.1 Å². The summed E-state index contributed by atoms with van der Waals surface area (Å²) in [7, 11) is 0. The van der Waals surface area contributed by atoms with E-state index in [9.17, 15) is 4.79 Å². The molecule has 0 atom stereocenters. The lowest BCUT2D eigenvalue weighted by Gasteiger charge is -2.27. The predicted molar refractivity (Wildman–Crippen MR) is 78.0 cm³/mol. The number of hydrogen-bond acceptors (Lipinski definition) is 4. The number of hydrogen-bond donors (Lipinski definition) is 2. The molecule has 106 valence electrons. The summed E-state index contributed by atoms with van der Waals surface area (Å²) in [6, 6.07) is 0. The number of H-pyrrole nitrogens is 2. The van der Waals surface area contributed by atoms with E-state index in [1.54, 1.807) is 0 Å². The van der Waals surface area contributed by atoms with Crippen molar-refractivity contribution in [2.45, 2.75) is 33.0 Å². The molecule has 0 bridgehead atoms. The van der Waals surface area contributed by atoms with Crippen molar-refractivity contribution in [1.29, 1.82) is 0 Å². The van der Waals surface area contributed by atoms with Crippen LogP contribution in [0.3, 0.4) is 0 Å². The Morgan fingerprint density at radius 2 is 2.30 bits per heavy atom. The van der Waals surface area contributed by atoms with E-state index in [4.69, 9.17) is 12.2 Å². The van der Waals surface area contributed by atoms with Crippen molar-refractivity contribution in [2.24, 2.45) is 0 Å². The van der Waals surface area contributed by atoms with E-state index in [1.165, 1.54) is 5.56 Å². The summed E-state index contributed by atoms with van der Waals surface area (Å²) < 4.78 is 2.32. The molecule has 2 aromatic rings. The van der Waals surface area contributed by atoms with Crippen LogP contribution in [0, 0.1) is 4.77 Å². The van der Waals surface area contributed by atoms with Gasteiger partial charge in [0, 0.05) is 50.1 Å². The number of fused-ring (bicyclic) bond motifs is 1. The Kier molecular flexibility index (Phi) is 3.54. The second kappa shape index (κ2) is 5.34. The summed E-state index contributed by atoms with van der Waals surface area (Å²) in [5, 5.41) is 4.28. The molecule has 7 heteroatoms. The van der Waals surface area contributed by atoms with Crippen LogP contribution in [-0.2, 0) is 26.1 Å². The van der Waals surface area contributed by atoms with E-state index in [0.717, 1.165) is 37.3 Å². The van der Waals surface area contributed by atoms with Crippen molar-refractivity contribution in [3.05, 3.63) is 44.3 Å². The van der Waals surface area contributed by atoms with Gasteiger partial charge in [-0.2, -0.15) is 5.10 Å². The fraction of sp³-hybridized carbons (Fsp3) is 0.462. The number of aryl methyl sites for hydroxylation is 1. The average Bonchev–Trinajstić information content (AvgIpc) is 2.87. The summed E-state index contributed by atoms with van der Waals surface area (Å²) in [6.45, 7) is 5.32. The second-order valence-corrected chi connectivity index (χ2v) is 5.44. The zero-order chi connectivity index (χ0) is 14.1. The number of nitrogens with zero attached hydrogens (tertiary/aromatic N) is 3. The summed E-state index contributed by atoms with van der Waals surface area (Å²) in [5.74, 6) is 0. The first-order valence-corrected chi connectivity index (χ1v) is 7.14. The van der Waals surface area contributed by atoms with Crippen LogP contribution in [0.5, 0.6) is 0 Å². The van der Waals surface area contributed by atoms with Crippen LogP contribution in [0.2, 0.25) is 0 Å². The fourth-order valence-electron chi connectivity index (χ4n) is 2.57. The first-order valence-electron chi connectivity index (χ1n) is 6.73. The van der Waals surface area contributed by atoms with Gasteiger partial charge in [-0.15, -0.1) is 0 Å². The molecular weight excluding hydrogens is 274 g/mol. The smallest absolute Gasteiger partial charge is 0.256 e. The Morgan fingerprint density at radius 3 is 3.05 bits per heavy atom. The van der Waals surface area contributed by atoms with Crippen molar-refractivity contribution < 1.29 is 0 Å². The Hall–Kier alpha value is -1.73. The van der Waals surface area contributed by atoms with E-state index in [0.29, 0.717) is 11.3 Å². The minimum Gasteiger partial charge on any atom is -0.335 e. The van der Waals surface area contributed by atoms with Crippen LogP contribution in [-0.4, -0.2) is 31.2 Å². The first kappa shape index (κ1) is 13.3. The average molecular weight is 291 g/mol. The van der Waals surface area contributed by atoms with Gasteiger partial charge in [-0.25, -0.2) is 0 Å². The summed E-state index contributed by atoms with van der Waals surface area (Å²) >= 11 is 5.00. The number of nitrogens with one attached hydrogen (secondary N) is 2. The molecular formula is C13H17N5OS. The molecule has 3 rings (SSSR count). The normalized spacial score (nSPS) is 15.2. The predicted octanol–water partition coefficient (Wildman–Crippen LogP) is 1.21. The molecule has 1 aliphatic heterocycles. The summed E-state index contributed by atoms with van der Waals surface area (Å²) in [5.41, 5.74) is 2.88. The van der Waals surface area contributed by atoms with Gasteiger partial charge in [0.15, 0.2) is 4.77 Å². The third-order valence-electron chi connectivity index (χ3n) is 3.61. The third-order valence-corrected chi connectivity index (χ3v) is 3.81. The maximum absolute atomic E-state index is 11.9. The standard InChI is InChI=1S/C13H17N5OS/c1-2-18-7-9(5-14-18)6-17-4-3-11-10(8-17)12(19)16-13(20)15-11/h5,7H,2-4,6,8H2,1H3,(H2,15,16,19,20). The molecule has 2 aromatic heterocycles. The highest BCUT2D eigenvalue weighted by Gasteiger charge is 2.19. The van der Waals surface area contributed by atoms with Gasteiger partial charge < -0.3 is 4.98 Å². The highest BCUT2D eigenvalue weighted by molar-refractivity contribution is 7.71. The Balaban J connectivity index is 1.78. The molecule has 3 heterocycles. The Labute approximate surface area is 121 Å². The molecule has 0 aliphatic carbocycles. The highest BCUT2D eigenvalue weighted by atomic mass is 32.1. The van der Waals surface area contributed by atoms with Gasteiger partial charge in [0.05, 0.1) is 11.8 Å². The second-order valence-electron chi connectivity index (χ2n) is 5.03. The Bertz CT molecular complexity index is 729. The third kappa shape index (κ3) is 2.59. The van der Waals surface area contributed by atoms with Gasteiger partial charge in [-0.3, -0.25) is 19.4 Å². The number of aromatic amines is 2. The molecule has 1 aliphatic rings. The van der Waals surface area contributed by atoms with Crippen molar-refractivity contribution in [3.63, 3.8) is 0 Å². The van der Waals surface area contributed by atoms with Crippen molar-refractivity contribution in [3.8, 4) is 0 Å². The topological polar surface area (TPSA) is 69.7 Å². The molecule has 0 amide bonds. The van der Waals surface area contributed by atoms with Crippen LogP contribution in [0.25, 0.3) is 0 Å². The summed E-state index contributed by atoms with van der Waals surface area (Å²) in [4.78, 5) is 19.9. The van der Waals surface area contributed by atoms with E-state index in [-0.39, 0.29) is 5.56 Å². The molecule has 0 aromatic carbocycles. The minimum atomic E-state index is -0.0716. The van der Waals surface area contributed by atoms with Gasteiger partial charge in [0.2, 0.25) is 0 Å². The molecule has 2 N–H and O–H groups in total. The molecule has 0 saturated carbocycles. The zero-order valence-electron chi connectivity index (χ0n) is 11.3. The SMILES string of the molecule is CCn1cc(CN2CCc3[nH]c(=S)[nH]c(=O)c3C2)cn1. The quantitative estimate of drug-likeness (QED) is 0.834. The molecule has 0 radical (unpaired) electrons. The number of rotatable bonds is 3. The molecule has 6 nitrogen and oxygen atoms in total. The van der Waals surface area contributed by atoms with Crippen molar-refractivity contribution in [1.82, 2.24) is 24.6 Å². The van der Waals surface area contributed by atoms with Gasteiger partial charge >= 0.3 is 0 Å². The molecule has 0 spiro atoms. The molecule has 0 unspecified atom stereocenters. The minimum absolute atomic E-state index is 0.0716. The first-order chi connectivity index (χ1) is 9.65. The van der Waals surface area contributed by atoms with E-state index < -0.39 is 0 Å². The van der Waals surface area contributed by atoms with Crippen LogP contribution in [0.15, 0.2) is 17.2 Å². The van der Waals surface area contributed by atoms with E-state index >= 15 is 0 Å². The van der Waals surface area contributed by atoms with Gasteiger partial charge in [0.1, 0.15) is 0 Å². The van der Waals surface area contributed by atoms with Gasteiger partial charge in [-0.1, -0.05) is 0 Å². The number of aromatic nitrogens is 4. The van der Waals surface area contributed by atoms with Crippen molar-refractivity contribution in [2.75, 3.05) is 6.54 Å². The lowest BCUT2D eigenvalue weighted by molar-refractivity contribution is 0.241. The fourth-order valence-corrected chi connectivity index (χ4v) is 2.78. The van der Waals surface area contributed by atoms with Crippen molar-refractivity contribution >= 4 is 12.2 Å². The maximum Gasteiger partial charge on any atom is 0.256 e. The Morgan fingerprint density at radius 1 is 1.45 bits per heavy atom. The largest absolute Gasteiger partial charge is 0.335 e. The van der Waals surface area contributed by atoms with Gasteiger partial charge in [-0.05, 0) is 19.1 Å². The lowest BCUT2D eigenvalue weighted by Crippen LogP contribution is -2.35. The molecule has 20 heavy (non-hydrogen) atoms. The van der Waals surface area contributed by atoms with Crippen LogP contribution in [0.4, 0.5) is 0 Å². The molecule has 0 fully saturated rings. The monoisotopic (exact) mass is 291 g/mol. The van der Waals surface area contributed by atoms with E-state index in [1.807, 2.05) is 10.9 Å². The van der Waals surface area contributed by atoms with Crippen LogP contribution < -0.4 is 5.56 Å².